The molecule has 0 saturated carbocycles. The van der Waals surface area contributed by atoms with Gasteiger partial charge in [-0.25, -0.2) is 9.18 Å². The molecule has 1 aromatic rings. The van der Waals surface area contributed by atoms with Gasteiger partial charge < -0.3 is 15.5 Å². The maximum Gasteiger partial charge on any atom is 0.490 e. The molecular weight excluding hydrogens is 366 g/mol. The quantitative estimate of drug-likeness (QED) is 0.574. The zero-order valence-corrected chi connectivity index (χ0v) is 16.1. The number of carboxylic acid groups (broad SMARTS) is 1. The summed E-state index contributed by atoms with van der Waals surface area (Å²) in [5.41, 5.74) is 0.176. The second-order valence-corrected chi connectivity index (χ2v) is 7.27. The van der Waals surface area contributed by atoms with Crippen molar-refractivity contribution in [1.29, 1.82) is 0 Å². The van der Waals surface area contributed by atoms with Gasteiger partial charge in [-0.3, -0.25) is 0 Å². The van der Waals surface area contributed by atoms with Crippen LogP contribution >= 0.6 is 0 Å². The predicted octanol–water partition coefficient (Wildman–Crippen LogP) is 4.31. The van der Waals surface area contributed by atoms with E-state index in [1.54, 1.807) is 6.07 Å². The van der Waals surface area contributed by atoms with Gasteiger partial charge in [0.25, 0.3) is 0 Å². The van der Waals surface area contributed by atoms with Gasteiger partial charge in [-0.2, -0.15) is 13.2 Å². The molecule has 0 aliphatic carbocycles. The molecule has 1 rings (SSSR count). The third-order valence-corrected chi connectivity index (χ3v) is 3.72. The van der Waals surface area contributed by atoms with Crippen LogP contribution < -0.4 is 5.32 Å². The lowest BCUT2D eigenvalue weighted by atomic mass is 9.99. The van der Waals surface area contributed by atoms with Crippen molar-refractivity contribution in [2.45, 2.75) is 77.2 Å². The van der Waals surface area contributed by atoms with Crippen molar-refractivity contribution >= 4 is 5.97 Å². The molecule has 8 heteroatoms. The fraction of sp³-hybridized carbons (Fsp3) is 0.632. The Kier molecular flexibility index (Phi) is 10.5. The average molecular weight is 395 g/mol. The normalized spacial score (nSPS) is 14.1. The number of hydrogen-bond acceptors (Lipinski definition) is 3. The first-order valence-corrected chi connectivity index (χ1v) is 8.74. The van der Waals surface area contributed by atoms with E-state index in [0.717, 1.165) is 24.8 Å². The Morgan fingerprint density at radius 3 is 2.11 bits per heavy atom. The minimum atomic E-state index is -5.08. The Morgan fingerprint density at radius 1 is 1.15 bits per heavy atom. The summed E-state index contributed by atoms with van der Waals surface area (Å²) in [6.45, 7) is 7.90. The zero-order chi connectivity index (χ0) is 21.3. The van der Waals surface area contributed by atoms with E-state index in [1.165, 1.54) is 6.07 Å². The predicted molar refractivity (Wildman–Crippen MR) is 96.0 cm³/mol. The highest BCUT2D eigenvalue weighted by atomic mass is 19.4. The van der Waals surface area contributed by atoms with Crippen LogP contribution in [0.3, 0.4) is 0 Å². The van der Waals surface area contributed by atoms with Gasteiger partial charge in [-0.15, -0.1) is 0 Å². The topological polar surface area (TPSA) is 69.6 Å². The SMILES string of the molecule is CC(CCCC(C)(C)O)NC(C)Cc1ccccc1F.O=C(O)C(F)(F)F. The van der Waals surface area contributed by atoms with E-state index >= 15 is 0 Å². The lowest BCUT2D eigenvalue weighted by Crippen LogP contribution is -2.36. The lowest BCUT2D eigenvalue weighted by Gasteiger charge is -2.22. The van der Waals surface area contributed by atoms with Gasteiger partial charge in [0.05, 0.1) is 5.60 Å². The fourth-order valence-electron chi connectivity index (χ4n) is 2.46. The van der Waals surface area contributed by atoms with Crippen molar-refractivity contribution in [3.05, 3.63) is 35.6 Å². The summed E-state index contributed by atoms with van der Waals surface area (Å²) < 4.78 is 45.3. The summed E-state index contributed by atoms with van der Waals surface area (Å²) in [6, 6.07) is 7.55. The van der Waals surface area contributed by atoms with Crippen molar-refractivity contribution in [1.82, 2.24) is 5.32 Å². The number of halogens is 4. The van der Waals surface area contributed by atoms with E-state index in [2.05, 4.69) is 19.2 Å². The van der Waals surface area contributed by atoms with E-state index < -0.39 is 17.7 Å². The molecule has 4 nitrogen and oxygen atoms in total. The third-order valence-electron chi connectivity index (χ3n) is 3.72. The van der Waals surface area contributed by atoms with Crippen molar-refractivity contribution in [2.75, 3.05) is 0 Å². The number of alkyl halides is 3. The molecule has 0 aromatic heterocycles. The van der Waals surface area contributed by atoms with E-state index in [0.29, 0.717) is 12.5 Å². The number of nitrogens with one attached hydrogen (secondary N) is 1. The molecule has 0 spiro atoms. The number of carbonyl (C=O) groups is 1. The van der Waals surface area contributed by atoms with Crippen LogP contribution in [0, 0.1) is 5.82 Å². The Bertz CT molecular complexity index is 571. The number of aliphatic hydroxyl groups is 1. The molecule has 27 heavy (non-hydrogen) atoms. The molecule has 0 aliphatic rings. The Labute approximate surface area is 157 Å². The first-order valence-electron chi connectivity index (χ1n) is 8.74. The summed E-state index contributed by atoms with van der Waals surface area (Å²) in [6.07, 6.45) is -1.57. The summed E-state index contributed by atoms with van der Waals surface area (Å²) >= 11 is 0. The first kappa shape index (κ1) is 25.3. The molecule has 0 fully saturated rings. The van der Waals surface area contributed by atoms with Gasteiger partial charge >= 0.3 is 12.1 Å². The van der Waals surface area contributed by atoms with Crippen LogP contribution in [0.25, 0.3) is 0 Å². The molecule has 0 bridgehead atoms. The molecule has 0 aliphatic heterocycles. The smallest absolute Gasteiger partial charge is 0.475 e. The molecule has 0 amide bonds. The van der Waals surface area contributed by atoms with Crippen LogP contribution in [0.1, 0.15) is 52.5 Å². The third kappa shape index (κ3) is 13.2. The molecular formula is C19H29F4NO3. The van der Waals surface area contributed by atoms with Crippen LogP contribution in [0.4, 0.5) is 17.6 Å². The highest BCUT2D eigenvalue weighted by Gasteiger charge is 2.38. The minimum Gasteiger partial charge on any atom is -0.475 e. The molecule has 156 valence electrons. The van der Waals surface area contributed by atoms with Crippen LogP contribution in [0.2, 0.25) is 0 Å². The lowest BCUT2D eigenvalue weighted by molar-refractivity contribution is -0.192. The summed E-state index contributed by atoms with van der Waals surface area (Å²) in [4.78, 5) is 8.90. The molecule has 0 radical (unpaired) electrons. The zero-order valence-electron chi connectivity index (χ0n) is 16.1. The molecule has 2 unspecified atom stereocenters. The molecule has 1 aromatic carbocycles. The van der Waals surface area contributed by atoms with E-state index in [-0.39, 0.29) is 11.9 Å². The van der Waals surface area contributed by atoms with Crippen LogP contribution in [0.5, 0.6) is 0 Å². The van der Waals surface area contributed by atoms with Crippen molar-refractivity contribution in [2.24, 2.45) is 0 Å². The minimum absolute atomic E-state index is 0.129. The Balaban J connectivity index is 0.000000821. The number of carboxylic acids is 1. The van der Waals surface area contributed by atoms with Crippen molar-refractivity contribution < 1.29 is 32.6 Å². The Hall–Kier alpha value is -1.67. The number of hydrogen-bond donors (Lipinski definition) is 3. The van der Waals surface area contributed by atoms with Crippen molar-refractivity contribution in [3.63, 3.8) is 0 Å². The largest absolute Gasteiger partial charge is 0.490 e. The molecule has 3 N–H and O–H groups in total. The van der Waals surface area contributed by atoms with Gasteiger partial charge in [0.2, 0.25) is 0 Å². The maximum atomic E-state index is 13.6. The van der Waals surface area contributed by atoms with Crippen LogP contribution in [-0.4, -0.2) is 40.0 Å². The van der Waals surface area contributed by atoms with Gasteiger partial charge in [-0.1, -0.05) is 18.2 Å². The van der Waals surface area contributed by atoms with E-state index in [4.69, 9.17) is 9.90 Å². The summed E-state index contributed by atoms with van der Waals surface area (Å²) in [5, 5.41) is 20.3. The van der Waals surface area contributed by atoms with Gasteiger partial charge in [0.15, 0.2) is 0 Å². The van der Waals surface area contributed by atoms with Gasteiger partial charge in [-0.05, 0) is 65.0 Å². The van der Waals surface area contributed by atoms with Crippen molar-refractivity contribution in [3.8, 4) is 0 Å². The highest BCUT2D eigenvalue weighted by Crippen LogP contribution is 2.14. The maximum absolute atomic E-state index is 13.6. The first-order chi connectivity index (χ1) is 12.2. The summed E-state index contributed by atoms with van der Waals surface area (Å²) in [7, 11) is 0. The number of aliphatic carboxylic acids is 1. The standard InChI is InChI=1S/C17H28FNO.C2HF3O2/c1-13(8-7-11-17(3,4)20)19-14(2)12-15-9-5-6-10-16(15)18;3-2(4,5)1(6)7/h5-6,9-10,13-14,19-20H,7-8,11-12H2,1-4H3;(H,6,7). The fourth-order valence-corrected chi connectivity index (χ4v) is 2.46. The monoisotopic (exact) mass is 395 g/mol. The molecule has 0 heterocycles. The van der Waals surface area contributed by atoms with Gasteiger partial charge in [0.1, 0.15) is 5.82 Å². The molecule has 2 atom stereocenters. The summed E-state index contributed by atoms with van der Waals surface area (Å²) in [5.74, 6) is -2.89. The Morgan fingerprint density at radius 2 is 1.67 bits per heavy atom. The molecule has 0 saturated heterocycles. The van der Waals surface area contributed by atoms with E-state index in [1.807, 2.05) is 26.0 Å². The van der Waals surface area contributed by atoms with Crippen LogP contribution in [-0.2, 0) is 11.2 Å². The van der Waals surface area contributed by atoms with E-state index in [9.17, 15) is 22.7 Å². The second-order valence-electron chi connectivity index (χ2n) is 7.27. The second kappa shape index (κ2) is 11.2. The highest BCUT2D eigenvalue weighted by molar-refractivity contribution is 5.73. The number of benzene rings is 1. The average Bonchev–Trinajstić information content (AvgIpc) is 2.47. The van der Waals surface area contributed by atoms with Crippen LogP contribution in [0.15, 0.2) is 24.3 Å². The number of rotatable bonds is 8. The van der Waals surface area contributed by atoms with Gasteiger partial charge in [0, 0.05) is 12.1 Å².